The van der Waals surface area contributed by atoms with Crippen molar-refractivity contribution < 1.29 is 4.79 Å². The van der Waals surface area contributed by atoms with Crippen LogP contribution in [0.4, 0.5) is 4.79 Å². The Kier molecular flexibility index (Phi) is 4.93. The zero-order valence-corrected chi connectivity index (χ0v) is 9.05. The van der Waals surface area contributed by atoms with Gasteiger partial charge < -0.3 is 16.4 Å². The highest BCUT2D eigenvalue weighted by atomic mass is 35.5. The third kappa shape index (κ3) is 4.67. The lowest BCUT2D eigenvalue weighted by atomic mass is 10.2. The number of amides is 2. The number of rotatable bonds is 4. The fraction of sp³-hybridized carbons (Fsp3) is 0.300. The van der Waals surface area contributed by atoms with Gasteiger partial charge >= 0.3 is 6.03 Å². The van der Waals surface area contributed by atoms with Crippen molar-refractivity contribution in [1.29, 1.82) is 0 Å². The van der Waals surface area contributed by atoms with Crippen LogP contribution in [0.5, 0.6) is 0 Å². The Labute approximate surface area is 93.8 Å². The fourth-order valence-electron chi connectivity index (χ4n) is 1.08. The predicted octanol–water partition coefficient (Wildman–Crippen LogP) is 1.10. The van der Waals surface area contributed by atoms with Crippen molar-refractivity contribution in [1.82, 2.24) is 10.6 Å². The highest BCUT2D eigenvalue weighted by molar-refractivity contribution is 6.30. The summed E-state index contributed by atoms with van der Waals surface area (Å²) in [5.74, 6) is 0. The van der Waals surface area contributed by atoms with Crippen molar-refractivity contribution in [2.24, 2.45) is 5.73 Å². The molecule has 2 amide bonds. The molecule has 1 aromatic carbocycles. The van der Waals surface area contributed by atoms with Crippen LogP contribution in [0.15, 0.2) is 24.3 Å². The molecule has 4 N–H and O–H groups in total. The van der Waals surface area contributed by atoms with Crippen molar-refractivity contribution >= 4 is 17.6 Å². The Morgan fingerprint density at radius 3 is 2.87 bits per heavy atom. The van der Waals surface area contributed by atoms with E-state index in [2.05, 4.69) is 10.6 Å². The highest BCUT2D eigenvalue weighted by Crippen LogP contribution is 2.09. The van der Waals surface area contributed by atoms with Gasteiger partial charge in [-0.25, -0.2) is 4.79 Å². The molecule has 0 unspecified atom stereocenters. The topological polar surface area (TPSA) is 67.1 Å². The summed E-state index contributed by atoms with van der Waals surface area (Å²) in [5.41, 5.74) is 6.21. The average Bonchev–Trinajstić information content (AvgIpc) is 2.23. The molecule has 1 rings (SSSR count). The molecule has 0 bridgehead atoms. The van der Waals surface area contributed by atoms with Gasteiger partial charge in [0, 0.05) is 24.7 Å². The Hall–Kier alpha value is -1.26. The summed E-state index contributed by atoms with van der Waals surface area (Å²) in [6.07, 6.45) is 0. The molecule has 0 saturated heterocycles. The monoisotopic (exact) mass is 227 g/mol. The maximum absolute atomic E-state index is 11.1. The van der Waals surface area contributed by atoms with Crippen LogP contribution in [0, 0.1) is 0 Å². The molecule has 1 aromatic rings. The van der Waals surface area contributed by atoms with Gasteiger partial charge in [-0.2, -0.15) is 0 Å². The van der Waals surface area contributed by atoms with Crippen LogP contribution in [-0.4, -0.2) is 19.1 Å². The van der Waals surface area contributed by atoms with Gasteiger partial charge in [0.2, 0.25) is 0 Å². The molecule has 0 heterocycles. The molecule has 0 spiro atoms. The summed E-state index contributed by atoms with van der Waals surface area (Å²) < 4.78 is 0. The number of urea groups is 1. The van der Waals surface area contributed by atoms with E-state index < -0.39 is 0 Å². The summed E-state index contributed by atoms with van der Waals surface area (Å²) >= 11 is 5.80. The molecule has 0 aliphatic heterocycles. The molecule has 15 heavy (non-hydrogen) atoms. The minimum Gasteiger partial charge on any atom is -0.337 e. The molecule has 82 valence electrons. The van der Waals surface area contributed by atoms with Gasteiger partial charge in [0.15, 0.2) is 0 Å². The first-order valence-electron chi connectivity index (χ1n) is 4.68. The summed E-state index contributed by atoms with van der Waals surface area (Å²) in [6.45, 7) is 1.36. The minimum absolute atomic E-state index is 0.222. The Balaban J connectivity index is 2.33. The molecule has 0 aromatic heterocycles. The average molecular weight is 228 g/mol. The molecular weight excluding hydrogens is 214 g/mol. The zero-order valence-electron chi connectivity index (χ0n) is 8.29. The van der Waals surface area contributed by atoms with Crippen LogP contribution in [0.25, 0.3) is 0 Å². The lowest BCUT2D eigenvalue weighted by molar-refractivity contribution is 0.241. The van der Waals surface area contributed by atoms with E-state index >= 15 is 0 Å². The summed E-state index contributed by atoms with van der Waals surface area (Å²) in [6, 6.07) is 7.12. The van der Waals surface area contributed by atoms with Crippen LogP contribution in [0.3, 0.4) is 0 Å². The third-order valence-corrected chi connectivity index (χ3v) is 2.01. The van der Waals surface area contributed by atoms with Crippen molar-refractivity contribution in [2.75, 3.05) is 13.1 Å². The van der Waals surface area contributed by atoms with Crippen LogP contribution in [-0.2, 0) is 6.54 Å². The SMILES string of the molecule is NCCNC(=O)NCc1cccc(Cl)c1. The first-order chi connectivity index (χ1) is 7.22. The van der Waals surface area contributed by atoms with E-state index in [1.807, 2.05) is 18.2 Å². The number of carbonyl (C=O) groups is 1. The van der Waals surface area contributed by atoms with Gasteiger partial charge in [0.05, 0.1) is 0 Å². The van der Waals surface area contributed by atoms with Crippen molar-refractivity contribution in [2.45, 2.75) is 6.54 Å². The maximum atomic E-state index is 11.1. The summed E-state index contributed by atoms with van der Waals surface area (Å²) in [5, 5.41) is 5.97. The van der Waals surface area contributed by atoms with Crippen LogP contribution < -0.4 is 16.4 Å². The maximum Gasteiger partial charge on any atom is 0.315 e. The minimum atomic E-state index is -0.222. The predicted molar refractivity (Wildman–Crippen MR) is 60.7 cm³/mol. The number of hydrogen-bond donors (Lipinski definition) is 3. The molecule has 0 fully saturated rings. The second kappa shape index (κ2) is 6.27. The Morgan fingerprint density at radius 1 is 1.40 bits per heavy atom. The lowest BCUT2D eigenvalue weighted by Crippen LogP contribution is -2.37. The number of benzene rings is 1. The van der Waals surface area contributed by atoms with Gasteiger partial charge in [-0.3, -0.25) is 0 Å². The molecule has 0 radical (unpaired) electrons. The van der Waals surface area contributed by atoms with Gasteiger partial charge in [0.25, 0.3) is 0 Å². The van der Waals surface area contributed by atoms with Crippen LogP contribution >= 0.6 is 11.6 Å². The Bertz CT molecular complexity index is 330. The van der Waals surface area contributed by atoms with Gasteiger partial charge in [-0.15, -0.1) is 0 Å². The van der Waals surface area contributed by atoms with E-state index in [0.717, 1.165) is 5.56 Å². The lowest BCUT2D eigenvalue weighted by Gasteiger charge is -2.06. The number of nitrogens with two attached hydrogens (primary N) is 1. The smallest absolute Gasteiger partial charge is 0.315 e. The van der Waals surface area contributed by atoms with Gasteiger partial charge in [-0.05, 0) is 17.7 Å². The normalized spacial score (nSPS) is 9.73. The molecule has 0 aliphatic rings. The molecule has 0 aliphatic carbocycles. The molecular formula is C10H14ClN3O. The fourth-order valence-corrected chi connectivity index (χ4v) is 1.29. The number of carbonyl (C=O) groups excluding carboxylic acids is 1. The number of halogens is 1. The molecule has 0 saturated carbocycles. The van der Waals surface area contributed by atoms with Gasteiger partial charge in [-0.1, -0.05) is 23.7 Å². The highest BCUT2D eigenvalue weighted by Gasteiger charge is 1.99. The third-order valence-electron chi connectivity index (χ3n) is 1.77. The van der Waals surface area contributed by atoms with Gasteiger partial charge in [0.1, 0.15) is 0 Å². The van der Waals surface area contributed by atoms with E-state index in [1.165, 1.54) is 0 Å². The number of nitrogens with one attached hydrogen (secondary N) is 2. The van der Waals surface area contributed by atoms with Crippen LogP contribution in [0.2, 0.25) is 5.02 Å². The van der Waals surface area contributed by atoms with Crippen LogP contribution in [0.1, 0.15) is 5.56 Å². The quantitative estimate of drug-likeness (QED) is 0.721. The second-order valence-corrected chi connectivity index (χ2v) is 3.46. The second-order valence-electron chi connectivity index (χ2n) is 3.03. The summed E-state index contributed by atoms with van der Waals surface area (Å²) in [7, 11) is 0. The van der Waals surface area contributed by atoms with Crippen molar-refractivity contribution in [3.8, 4) is 0 Å². The largest absolute Gasteiger partial charge is 0.337 e. The molecule has 0 atom stereocenters. The Morgan fingerprint density at radius 2 is 2.20 bits per heavy atom. The van der Waals surface area contributed by atoms with E-state index in [1.54, 1.807) is 6.07 Å². The van der Waals surface area contributed by atoms with Crippen molar-refractivity contribution in [3.63, 3.8) is 0 Å². The summed E-state index contributed by atoms with van der Waals surface area (Å²) in [4.78, 5) is 11.1. The molecule has 5 heteroatoms. The van der Waals surface area contributed by atoms with Crippen molar-refractivity contribution in [3.05, 3.63) is 34.9 Å². The van der Waals surface area contributed by atoms with E-state index in [-0.39, 0.29) is 6.03 Å². The van der Waals surface area contributed by atoms with E-state index in [4.69, 9.17) is 17.3 Å². The van der Waals surface area contributed by atoms with E-state index in [9.17, 15) is 4.79 Å². The first-order valence-corrected chi connectivity index (χ1v) is 5.06. The standard InChI is InChI=1S/C10H14ClN3O/c11-9-3-1-2-8(6-9)7-14-10(15)13-5-4-12/h1-3,6H,4-5,7,12H2,(H2,13,14,15). The molecule has 4 nitrogen and oxygen atoms in total. The van der Waals surface area contributed by atoms with E-state index in [0.29, 0.717) is 24.7 Å². The number of hydrogen-bond acceptors (Lipinski definition) is 2. The first kappa shape index (κ1) is 11.8. The zero-order chi connectivity index (χ0) is 11.1.